The van der Waals surface area contributed by atoms with Crippen molar-refractivity contribution in [2.75, 3.05) is 0 Å². The summed E-state index contributed by atoms with van der Waals surface area (Å²) in [5, 5.41) is 2.98. The molecule has 0 radical (unpaired) electrons. The van der Waals surface area contributed by atoms with E-state index in [9.17, 15) is 0 Å². The molecule has 0 N–H and O–H groups in total. The van der Waals surface area contributed by atoms with E-state index in [1.807, 2.05) is 0 Å². The zero-order valence-corrected chi connectivity index (χ0v) is 35.8. The fourth-order valence-corrected chi connectivity index (χ4v) is 11.9. The van der Waals surface area contributed by atoms with Crippen LogP contribution >= 0.6 is 0 Å². The fourth-order valence-electron chi connectivity index (χ4n) is 9.53. The Hall–Kier alpha value is -5.81. The van der Waals surface area contributed by atoms with Crippen molar-refractivity contribution in [3.8, 4) is 66.8 Å². The molecule has 0 bridgehead atoms. The van der Waals surface area contributed by atoms with Gasteiger partial charge in [-0.25, -0.2) is 0 Å². The van der Waals surface area contributed by atoms with Gasteiger partial charge in [0.1, 0.15) is 0 Å². The lowest BCUT2D eigenvalue weighted by molar-refractivity contribution is 0.795. The molecule has 276 valence electrons. The fraction of sp³-hybridized carbons (Fsp3) is 0.127. The third kappa shape index (κ3) is 5.77. The van der Waals surface area contributed by atoms with Crippen molar-refractivity contribution in [1.82, 2.24) is 0 Å². The van der Waals surface area contributed by atoms with Crippen molar-refractivity contribution in [2.24, 2.45) is 0 Å². The van der Waals surface area contributed by atoms with Crippen LogP contribution in [0.1, 0.15) is 22.3 Å². The Morgan fingerprint density at radius 3 is 0.772 bits per heavy atom. The lowest BCUT2D eigenvalue weighted by Gasteiger charge is -2.32. The average molecular weight is 765 g/mol. The molecule has 8 aromatic rings. The molecule has 1 spiro atoms. The van der Waals surface area contributed by atoms with Crippen LogP contribution in [0.2, 0.25) is 39.3 Å². The van der Waals surface area contributed by atoms with Gasteiger partial charge in [0.2, 0.25) is 0 Å². The van der Waals surface area contributed by atoms with Crippen molar-refractivity contribution in [2.45, 2.75) is 44.7 Å². The van der Waals surface area contributed by atoms with Crippen molar-refractivity contribution in [3.05, 3.63) is 204 Å². The third-order valence-electron chi connectivity index (χ3n) is 12.7. The quantitative estimate of drug-likeness (QED) is 0.148. The van der Waals surface area contributed by atoms with Crippen molar-refractivity contribution < 1.29 is 0 Å². The molecule has 0 fully saturated rings. The molecule has 0 saturated heterocycles. The Kier molecular flexibility index (Phi) is 8.20. The van der Waals surface area contributed by atoms with E-state index >= 15 is 0 Å². The molecular weight excluding hydrogens is 717 g/mol. The Labute approximate surface area is 340 Å². The van der Waals surface area contributed by atoms with Gasteiger partial charge in [0.25, 0.3) is 0 Å². The van der Waals surface area contributed by atoms with E-state index in [0.29, 0.717) is 0 Å². The van der Waals surface area contributed by atoms with Crippen LogP contribution in [0, 0.1) is 0 Å². The number of fused-ring (bicyclic) bond motifs is 10. The van der Waals surface area contributed by atoms with Gasteiger partial charge in [-0.3, -0.25) is 0 Å². The van der Waals surface area contributed by atoms with E-state index < -0.39 is 21.6 Å². The predicted molar refractivity (Wildman–Crippen MR) is 250 cm³/mol. The molecule has 0 heterocycles. The molecular formula is C55H48Si2. The van der Waals surface area contributed by atoms with Crippen LogP contribution in [0.3, 0.4) is 0 Å². The second kappa shape index (κ2) is 13.1. The summed E-state index contributed by atoms with van der Waals surface area (Å²) in [4.78, 5) is 0. The zero-order valence-electron chi connectivity index (χ0n) is 33.8. The monoisotopic (exact) mass is 764 g/mol. The summed E-state index contributed by atoms with van der Waals surface area (Å²) in [7, 11) is -2.87. The van der Waals surface area contributed by atoms with Crippen LogP contribution in [0.15, 0.2) is 182 Å². The topological polar surface area (TPSA) is 0 Å². The molecule has 0 unspecified atom stereocenters. The second-order valence-electron chi connectivity index (χ2n) is 18.2. The number of benzene rings is 8. The third-order valence-corrected chi connectivity index (χ3v) is 16.8. The van der Waals surface area contributed by atoms with Gasteiger partial charge in [-0.1, -0.05) is 207 Å². The van der Waals surface area contributed by atoms with E-state index in [1.165, 1.54) is 99.4 Å². The first-order chi connectivity index (χ1) is 27.5. The van der Waals surface area contributed by atoms with Gasteiger partial charge in [-0.15, -0.1) is 0 Å². The van der Waals surface area contributed by atoms with Gasteiger partial charge < -0.3 is 0 Å². The van der Waals surface area contributed by atoms with Crippen LogP contribution < -0.4 is 10.4 Å². The average Bonchev–Trinajstić information content (AvgIpc) is 3.69. The highest BCUT2D eigenvalue weighted by atomic mass is 28.3. The highest BCUT2D eigenvalue weighted by molar-refractivity contribution is 6.89. The Morgan fingerprint density at radius 1 is 0.263 bits per heavy atom. The molecule has 2 aliphatic rings. The lowest BCUT2D eigenvalue weighted by atomic mass is 9.69. The highest BCUT2D eigenvalue weighted by Crippen LogP contribution is 2.64. The van der Waals surface area contributed by atoms with E-state index in [2.05, 4.69) is 221 Å². The molecule has 0 aliphatic heterocycles. The van der Waals surface area contributed by atoms with Gasteiger partial charge in [0.15, 0.2) is 0 Å². The summed E-state index contributed by atoms with van der Waals surface area (Å²) in [6.45, 7) is 14.6. The van der Waals surface area contributed by atoms with Gasteiger partial charge >= 0.3 is 0 Å². The second-order valence-corrected chi connectivity index (χ2v) is 28.3. The molecule has 0 atom stereocenters. The molecule has 0 aromatic heterocycles. The van der Waals surface area contributed by atoms with E-state index in [0.717, 1.165) is 0 Å². The minimum Gasteiger partial charge on any atom is -0.0656 e. The van der Waals surface area contributed by atoms with Crippen molar-refractivity contribution >= 4 is 26.5 Å². The Balaban J connectivity index is 1.28. The molecule has 2 aliphatic carbocycles. The summed E-state index contributed by atoms with van der Waals surface area (Å²) in [6.07, 6.45) is 0. The van der Waals surface area contributed by atoms with Crippen LogP contribution in [0.25, 0.3) is 66.8 Å². The first-order valence-electron chi connectivity index (χ1n) is 20.4. The largest absolute Gasteiger partial charge is 0.0775 e. The summed E-state index contributed by atoms with van der Waals surface area (Å²) < 4.78 is 0. The summed E-state index contributed by atoms with van der Waals surface area (Å²) in [5.74, 6) is 0. The molecule has 10 rings (SSSR count). The lowest BCUT2D eigenvalue weighted by Crippen LogP contribution is -2.37. The van der Waals surface area contributed by atoms with Gasteiger partial charge in [-0.2, -0.15) is 0 Å². The van der Waals surface area contributed by atoms with Crippen LogP contribution in [-0.2, 0) is 5.41 Å². The summed E-state index contributed by atoms with van der Waals surface area (Å²) in [5.41, 5.74) is 20.2. The minimum absolute atomic E-state index is 0.520. The Morgan fingerprint density at radius 2 is 0.509 bits per heavy atom. The number of hydrogen-bond acceptors (Lipinski definition) is 0. The van der Waals surface area contributed by atoms with Crippen molar-refractivity contribution in [3.63, 3.8) is 0 Å². The first-order valence-corrected chi connectivity index (χ1v) is 27.4. The zero-order chi connectivity index (χ0) is 39.1. The van der Waals surface area contributed by atoms with E-state index in [-0.39, 0.29) is 0 Å². The number of rotatable bonds is 6. The molecule has 57 heavy (non-hydrogen) atoms. The summed E-state index contributed by atoms with van der Waals surface area (Å²) in [6, 6.07) is 69.7. The van der Waals surface area contributed by atoms with Gasteiger partial charge in [0.05, 0.1) is 21.6 Å². The SMILES string of the molecule is C[Si](C)(C)c1ccc(-c2ccc3c(c2)C2(c4cc(-c5ccccc5)ccc4-3)c3cc(-c4ccccc4)ccc3-c3ccc(-c4ccc([Si](C)(C)C)cc4)cc32)cc1. The molecule has 2 heteroatoms. The van der Waals surface area contributed by atoms with Gasteiger partial charge in [0, 0.05) is 0 Å². The standard InChI is InChI=1S/C55H48Si2/c1-56(2,3)45-25-17-39(18-26-45)43-23-31-49-47-29-21-41(37-13-9-7-10-14-37)33-51(47)55(53(49)35-43)52-34-42(38-15-11-8-12-16-38)22-30-48(52)50-32-24-44(36-54(50)55)40-19-27-46(28-20-40)57(4,5)6/h7-36H,1-6H3. The number of hydrogen-bond donors (Lipinski definition) is 0. The minimum atomic E-state index is -1.43. The van der Waals surface area contributed by atoms with E-state index in [1.54, 1.807) is 0 Å². The maximum absolute atomic E-state index is 2.53. The van der Waals surface area contributed by atoms with Crippen LogP contribution in [0.4, 0.5) is 0 Å². The molecule has 0 amide bonds. The van der Waals surface area contributed by atoms with Gasteiger partial charge in [-0.05, 0) is 113 Å². The maximum atomic E-state index is 2.53. The maximum Gasteiger partial charge on any atom is 0.0775 e. The van der Waals surface area contributed by atoms with Crippen LogP contribution in [0.5, 0.6) is 0 Å². The van der Waals surface area contributed by atoms with E-state index in [4.69, 9.17) is 0 Å². The molecule has 8 aromatic carbocycles. The molecule has 0 nitrogen and oxygen atoms in total. The Bertz CT molecular complexity index is 2620. The predicted octanol–water partition coefficient (Wildman–Crippen LogP) is 13.8. The first kappa shape index (κ1) is 35.6. The highest BCUT2D eigenvalue weighted by Gasteiger charge is 2.52. The molecule has 0 saturated carbocycles. The normalized spacial score (nSPS) is 13.6. The smallest absolute Gasteiger partial charge is 0.0656 e. The van der Waals surface area contributed by atoms with Crippen LogP contribution in [-0.4, -0.2) is 16.1 Å². The summed E-state index contributed by atoms with van der Waals surface area (Å²) >= 11 is 0. The van der Waals surface area contributed by atoms with Crippen molar-refractivity contribution in [1.29, 1.82) is 0 Å².